The van der Waals surface area contributed by atoms with E-state index in [0.717, 1.165) is 109 Å². The molecule has 7 nitrogen and oxygen atoms in total. The van der Waals surface area contributed by atoms with Gasteiger partial charge in [-0.05, 0) is 97.2 Å². The molecule has 342 valence electrons. The minimum atomic E-state index is -0.0197. The van der Waals surface area contributed by atoms with Gasteiger partial charge < -0.3 is 19.3 Å². The van der Waals surface area contributed by atoms with Crippen LogP contribution in [0.4, 0.5) is 4.79 Å². The van der Waals surface area contributed by atoms with E-state index in [2.05, 4.69) is 44.7 Å². The monoisotopic (exact) mass is 837 g/mol. The van der Waals surface area contributed by atoms with Crippen molar-refractivity contribution in [1.82, 2.24) is 9.80 Å². The Morgan fingerprint density at radius 1 is 0.534 bits per heavy atom. The van der Waals surface area contributed by atoms with Crippen molar-refractivity contribution in [1.29, 1.82) is 0 Å². The molecule has 0 atom stereocenters. The first-order valence-corrected chi connectivity index (χ1v) is 26.1. The standard InChI is InChI=1S/C50H96N2O5S/c1-6-9-12-15-16-20-27-36-48(54)57-45-50(38-39-50)37-28-23-30-42-52(49(55)58-43-32-31-40-51(4)5)41-29-22-17-21-26-35-47(53)56-44-46(33-24-18-13-10-7-2)34-25-19-14-11-8-3/h46H,6-45H2,1-5H3. The zero-order valence-electron chi connectivity index (χ0n) is 39.2. The highest BCUT2D eigenvalue weighted by Crippen LogP contribution is 2.50. The molecule has 0 N–H and O–H groups in total. The molecule has 8 heteroatoms. The molecule has 1 aliphatic rings. The predicted octanol–water partition coefficient (Wildman–Crippen LogP) is 14.7. The predicted molar refractivity (Wildman–Crippen MR) is 250 cm³/mol. The van der Waals surface area contributed by atoms with E-state index in [0.29, 0.717) is 32.0 Å². The van der Waals surface area contributed by atoms with Crippen LogP contribution >= 0.6 is 11.8 Å². The molecular weight excluding hydrogens is 741 g/mol. The van der Waals surface area contributed by atoms with Gasteiger partial charge in [0.2, 0.25) is 0 Å². The van der Waals surface area contributed by atoms with Gasteiger partial charge in [0, 0.05) is 37.1 Å². The van der Waals surface area contributed by atoms with Crippen LogP contribution < -0.4 is 0 Å². The number of nitrogens with zero attached hydrogens (tertiary/aromatic N) is 2. The van der Waals surface area contributed by atoms with Gasteiger partial charge in [-0.15, -0.1) is 0 Å². The molecule has 58 heavy (non-hydrogen) atoms. The van der Waals surface area contributed by atoms with E-state index in [-0.39, 0.29) is 22.6 Å². The minimum absolute atomic E-state index is 0.0124. The van der Waals surface area contributed by atoms with Crippen molar-refractivity contribution >= 4 is 28.9 Å². The van der Waals surface area contributed by atoms with Crippen molar-refractivity contribution in [3.05, 3.63) is 0 Å². The summed E-state index contributed by atoms with van der Waals surface area (Å²) in [6.07, 6.45) is 39.0. The smallest absolute Gasteiger partial charge is 0.305 e. The lowest BCUT2D eigenvalue weighted by Gasteiger charge is -2.23. The summed E-state index contributed by atoms with van der Waals surface area (Å²) < 4.78 is 11.6. The zero-order chi connectivity index (χ0) is 42.4. The molecule has 0 saturated heterocycles. The van der Waals surface area contributed by atoms with Crippen LogP contribution in [0, 0.1) is 11.3 Å². The number of esters is 2. The quantitative estimate of drug-likeness (QED) is 0.0447. The fraction of sp³-hybridized carbons (Fsp3) is 0.940. The number of carbonyl (C=O) groups is 3. The summed E-state index contributed by atoms with van der Waals surface area (Å²) >= 11 is 1.50. The summed E-state index contributed by atoms with van der Waals surface area (Å²) in [6.45, 7) is 10.7. The highest BCUT2D eigenvalue weighted by molar-refractivity contribution is 8.13. The molecule has 0 radical (unpaired) electrons. The summed E-state index contributed by atoms with van der Waals surface area (Å²) in [6, 6.07) is 0. The van der Waals surface area contributed by atoms with E-state index in [1.54, 1.807) is 0 Å². The van der Waals surface area contributed by atoms with Gasteiger partial charge in [-0.3, -0.25) is 14.4 Å². The molecule has 0 unspecified atom stereocenters. The van der Waals surface area contributed by atoms with Crippen LogP contribution in [0.15, 0.2) is 0 Å². The number of rotatable bonds is 43. The molecule has 0 aromatic heterocycles. The molecule has 1 rings (SSSR count). The average Bonchev–Trinajstić information content (AvgIpc) is 3.99. The Morgan fingerprint density at radius 3 is 1.50 bits per heavy atom. The molecule has 0 aromatic rings. The number of ether oxygens (including phenoxy) is 2. The number of hydrogen-bond donors (Lipinski definition) is 0. The fourth-order valence-corrected chi connectivity index (χ4v) is 8.89. The zero-order valence-corrected chi connectivity index (χ0v) is 40.0. The van der Waals surface area contributed by atoms with Crippen LogP contribution in [-0.4, -0.2) is 79.7 Å². The molecule has 0 aromatic carbocycles. The van der Waals surface area contributed by atoms with E-state index >= 15 is 0 Å². The van der Waals surface area contributed by atoms with Crippen molar-refractivity contribution in [2.45, 2.75) is 239 Å². The summed E-state index contributed by atoms with van der Waals surface area (Å²) in [5, 5.41) is 0.236. The molecule has 0 aliphatic heterocycles. The van der Waals surface area contributed by atoms with Gasteiger partial charge in [-0.2, -0.15) is 0 Å². The van der Waals surface area contributed by atoms with Gasteiger partial charge in [0.05, 0.1) is 13.2 Å². The molecule has 1 fully saturated rings. The number of unbranched alkanes of at least 4 members (excludes halogenated alkanes) is 21. The van der Waals surface area contributed by atoms with Gasteiger partial charge in [-0.25, -0.2) is 0 Å². The number of amides is 1. The molecule has 1 aliphatic carbocycles. The van der Waals surface area contributed by atoms with Crippen LogP contribution in [0.2, 0.25) is 0 Å². The highest BCUT2D eigenvalue weighted by Gasteiger charge is 2.43. The topological polar surface area (TPSA) is 76.1 Å². The second-order valence-corrected chi connectivity index (χ2v) is 19.5. The number of carbonyl (C=O) groups excluding carboxylic acids is 3. The Hall–Kier alpha value is -1.28. The fourth-order valence-electron chi connectivity index (χ4n) is 8.00. The lowest BCUT2D eigenvalue weighted by Crippen LogP contribution is -2.30. The van der Waals surface area contributed by atoms with Crippen LogP contribution in [-0.2, 0) is 19.1 Å². The first kappa shape index (κ1) is 54.7. The Balaban J connectivity index is 2.35. The Labute approximate surface area is 364 Å². The summed E-state index contributed by atoms with van der Waals surface area (Å²) in [4.78, 5) is 42.6. The third-order valence-electron chi connectivity index (χ3n) is 12.3. The second kappa shape index (κ2) is 38.6. The van der Waals surface area contributed by atoms with E-state index < -0.39 is 0 Å². The lowest BCUT2D eigenvalue weighted by atomic mass is 9.95. The van der Waals surface area contributed by atoms with Crippen LogP contribution in [0.25, 0.3) is 0 Å². The first-order valence-electron chi connectivity index (χ1n) is 25.1. The second-order valence-electron chi connectivity index (χ2n) is 18.4. The van der Waals surface area contributed by atoms with Crippen LogP contribution in [0.3, 0.4) is 0 Å². The van der Waals surface area contributed by atoms with Crippen molar-refractivity contribution < 1.29 is 23.9 Å². The van der Waals surface area contributed by atoms with E-state index in [4.69, 9.17) is 9.47 Å². The molecule has 0 heterocycles. The van der Waals surface area contributed by atoms with Crippen LogP contribution in [0.5, 0.6) is 0 Å². The van der Waals surface area contributed by atoms with Crippen molar-refractivity contribution in [3.63, 3.8) is 0 Å². The van der Waals surface area contributed by atoms with E-state index in [9.17, 15) is 14.4 Å². The minimum Gasteiger partial charge on any atom is -0.465 e. The van der Waals surface area contributed by atoms with E-state index in [1.165, 1.54) is 134 Å². The normalized spacial score (nSPS) is 13.4. The van der Waals surface area contributed by atoms with Crippen molar-refractivity contribution in [2.75, 3.05) is 52.7 Å². The van der Waals surface area contributed by atoms with Gasteiger partial charge in [-0.1, -0.05) is 167 Å². The van der Waals surface area contributed by atoms with Gasteiger partial charge in [0.1, 0.15) is 0 Å². The third-order valence-corrected chi connectivity index (χ3v) is 13.3. The van der Waals surface area contributed by atoms with Gasteiger partial charge >= 0.3 is 11.9 Å². The van der Waals surface area contributed by atoms with Crippen molar-refractivity contribution in [3.8, 4) is 0 Å². The maximum absolute atomic E-state index is 13.3. The van der Waals surface area contributed by atoms with Crippen LogP contribution in [0.1, 0.15) is 239 Å². The van der Waals surface area contributed by atoms with E-state index in [1.807, 2.05) is 0 Å². The first-order chi connectivity index (χ1) is 28.2. The number of hydrogen-bond acceptors (Lipinski definition) is 7. The summed E-state index contributed by atoms with van der Waals surface area (Å²) in [5.41, 5.74) is 0.216. The maximum Gasteiger partial charge on any atom is 0.305 e. The summed E-state index contributed by atoms with van der Waals surface area (Å²) in [5.74, 6) is 1.37. The third kappa shape index (κ3) is 33.4. The maximum atomic E-state index is 13.3. The Morgan fingerprint density at radius 2 is 0.983 bits per heavy atom. The molecule has 1 amide bonds. The lowest BCUT2D eigenvalue weighted by molar-refractivity contribution is -0.146. The molecule has 1 saturated carbocycles. The Kier molecular flexibility index (Phi) is 36.5. The highest BCUT2D eigenvalue weighted by atomic mass is 32.2. The molecule has 0 bridgehead atoms. The summed E-state index contributed by atoms with van der Waals surface area (Å²) in [7, 11) is 4.20. The van der Waals surface area contributed by atoms with Gasteiger partial charge in [0.15, 0.2) is 0 Å². The molecule has 0 spiro atoms. The average molecular weight is 837 g/mol. The number of thioether (sulfide) groups is 1. The molecular formula is C50H96N2O5S. The Bertz CT molecular complexity index is 960. The van der Waals surface area contributed by atoms with Gasteiger partial charge in [0.25, 0.3) is 5.24 Å². The largest absolute Gasteiger partial charge is 0.465 e. The SMILES string of the molecule is CCCCCCCCCC(=O)OCC1(CCCCCN(CCCCCCCC(=O)OCC(CCCCCCC)CCCCCCC)C(=O)SCCCCN(C)C)CC1. The van der Waals surface area contributed by atoms with Crippen molar-refractivity contribution in [2.24, 2.45) is 11.3 Å².